The molecule has 4 nitrogen and oxygen atoms in total. The zero-order valence-electron chi connectivity index (χ0n) is 14.6. The highest BCUT2D eigenvalue weighted by Gasteiger charge is 2.35. The Morgan fingerprint density at radius 3 is 2.56 bits per heavy atom. The summed E-state index contributed by atoms with van der Waals surface area (Å²) in [6.45, 7) is -0.365. The van der Waals surface area contributed by atoms with Crippen LogP contribution in [0.3, 0.4) is 0 Å². The number of hydrogen-bond donors (Lipinski definition) is 1. The molecule has 8 heteroatoms. The van der Waals surface area contributed by atoms with E-state index in [1.165, 1.54) is 12.1 Å². The molecule has 1 aromatic heterocycles. The van der Waals surface area contributed by atoms with Crippen molar-refractivity contribution in [2.45, 2.75) is 44.8 Å². The lowest BCUT2D eigenvalue weighted by Gasteiger charge is -2.22. The molecule has 0 atom stereocenters. The van der Waals surface area contributed by atoms with E-state index in [4.69, 9.17) is 0 Å². The maximum atomic E-state index is 14.3. The second-order valence-electron chi connectivity index (χ2n) is 6.81. The van der Waals surface area contributed by atoms with Gasteiger partial charge >= 0.3 is 6.18 Å². The molecular weight excluding hydrogens is 364 g/mol. The van der Waals surface area contributed by atoms with Gasteiger partial charge in [0, 0.05) is 30.5 Å². The largest absolute Gasteiger partial charge is 0.431 e. The van der Waals surface area contributed by atoms with E-state index in [-0.39, 0.29) is 30.3 Å². The highest BCUT2D eigenvalue weighted by molar-refractivity contribution is 5.80. The van der Waals surface area contributed by atoms with Crippen LogP contribution in [0.5, 0.6) is 0 Å². The Kier molecular flexibility index (Phi) is 5.53. The van der Waals surface area contributed by atoms with Crippen LogP contribution >= 0.6 is 0 Å². The van der Waals surface area contributed by atoms with E-state index in [9.17, 15) is 27.2 Å². The van der Waals surface area contributed by atoms with E-state index in [1.54, 1.807) is 0 Å². The number of halogens is 4. The van der Waals surface area contributed by atoms with Gasteiger partial charge in [-0.3, -0.25) is 9.59 Å². The molecule has 0 radical (unpaired) electrons. The molecule has 1 fully saturated rings. The summed E-state index contributed by atoms with van der Waals surface area (Å²) in [4.78, 5) is 24.2. The number of fused-ring (bicyclic) bond motifs is 1. The smallest absolute Gasteiger partial charge is 0.354 e. The first-order valence-corrected chi connectivity index (χ1v) is 8.96. The molecule has 1 amide bonds. The number of nitrogens with zero attached hydrogens (tertiary/aromatic N) is 1. The van der Waals surface area contributed by atoms with Crippen molar-refractivity contribution in [2.75, 3.05) is 6.54 Å². The SMILES string of the molecule is O=C(NCCn1c(C(F)(F)F)cc(=O)c2cccc(F)c21)C1CCCCC1. The van der Waals surface area contributed by atoms with Gasteiger partial charge in [-0.25, -0.2) is 4.39 Å². The molecule has 146 valence electrons. The van der Waals surface area contributed by atoms with Crippen molar-refractivity contribution in [3.05, 3.63) is 46.0 Å². The highest BCUT2D eigenvalue weighted by atomic mass is 19.4. The van der Waals surface area contributed by atoms with Crippen LogP contribution in [0.1, 0.15) is 37.8 Å². The van der Waals surface area contributed by atoms with E-state index in [0.717, 1.165) is 42.7 Å². The topological polar surface area (TPSA) is 51.1 Å². The Morgan fingerprint density at radius 1 is 1.19 bits per heavy atom. The van der Waals surface area contributed by atoms with Crippen LogP contribution in [0.4, 0.5) is 17.6 Å². The third-order valence-corrected chi connectivity index (χ3v) is 4.98. The fraction of sp³-hybridized carbons (Fsp3) is 0.474. The molecule has 0 spiro atoms. The molecule has 0 bridgehead atoms. The Labute approximate surface area is 153 Å². The lowest BCUT2D eigenvalue weighted by atomic mass is 9.89. The van der Waals surface area contributed by atoms with Crippen LogP contribution < -0.4 is 10.7 Å². The fourth-order valence-electron chi connectivity index (χ4n) is 3.66. The summed E-state index contributed by atoms with van der Waals surface area (Å²) in [5, 5.41) is 2.53. The molecule has 1 N–H and O–H groups in total. The Hall–Kier alpha value is -2.38. The van der Waals surface area contributed by atoms with Gasteiger partial charge < -0.3 is 9.88 Å². The number of aromatic nitrogens is 1. The summed E-state index contributed by atoms with van der Waals surface area (Å²) in [6, 6.07) is 4.06. The average molecular weight is 384 g/mol. The predicted molar refractivity (Wildman–Crippen MR) is 92.8 cm³/mol. The van der Waals surface area contributed by atoms with Gasteiger partial charge in [0.25, 0.3) is 0 Å². The molecule has 1 aromatic carbocycles. The second-order valence-corrected chi connectivity index (χ2v) is 6.81. The fourth-order valence-corrected chi connectivity index (χ4v) is 3.66. The monoisotopic (exact) mass is 384 g/mol. The molecule has 1 heterocycles. The van der Waals surface area contributed by atoms with E-state index in [0.29, 0.717) is 6.07 Å². The molecular formula is C19H20F4N2O2. The van der Waals surface area contributed by atoms with Crippen LogP contribution in [-0.4, -0.2) is 17.0 Å². The summed E-state index contributed by atoms with van der Waals surface area (Å²) in [5.41, 5.74) is -2.51. The molecule has 0 aliphatic heterocycles. The zero-order valence-corrected chi connectivity index (χ0v) is 14.6. The minimum Gasteiger partial charge on any atom is -0.354 e. The van der Waals surface area contributed by atoms with Gasteiger partial charge in [-0.1, -0.05) is 25.3 Å². The van der Waals surface area contributed by atoms with Crippen LogP contribution in [-0.2, 0) is 17.5 Å². The summed E-state index contributed by atoms with van der Waals surface area (Å²) in [7, 11) is 0. The number of amides is 1. The maximum absolute atomic E-state index is 14.3. The van der Waals surface area contributed by atoms with Gasteiger partial charge in [0.1, 0.15) is 11.5 Å². The molecule has 1 aliphatic carbocycles. The van der Waals surface area contributed by atoms with Crippen molar-refractivity contribution < 1.29 is 22.4 Å². The highest BCUT2D eigenvalue weighted by Crippen LogP contribution is 2.31. The van der Waals surface area contributed by atoms with Crippen molar-refractivity contribution in [1.82, 2.24) is 9.88 Å². The summed E-state index contributed by atoms with van der Waals surface area (Å²) in [5.74, 6) is -1.22. The maximum Gasteiger partial charge on any atom is 0.431 e. The first kappa shape index (κ1) is 19.4. The van der Waals surface area contributed by atoms with Gasteiger partial charge in [-0.15, -0.1) is 0 Å². The van der Waals surface area contributed by atoms with Crippen LogP contribution in [0.25, 0.3) is 10.9 Å². The van der Waals surface area contributed by atoms with Crippen molar-refractivity contribution in [3.63, 3.8) is 0 Å². The molecule has 1 saturated carbocycles. The van der Waals surface area contributed by atoms with Crippen molar-refractivity contribution in [3.8, 4) is 0 Å². The minimum absolute atomic E-state index is 0.0787. The Morgan fingerprint density at radius 2 is 1.89 bits per heavy atom. The third-order valence-electron chi connectivity index (χ3n) is 4.98. The third kappa shape index (κ3) is 4.14. The summed E-state index contributed by atoms with van der Waals surface area (Å²) < 4.78 is 55.2. The van der Waals surface area contributed by atoms with Crippen LogP contribution in [0, 0.1) is 11.7 Å². The first-order valence-electron chi connectivity index (χ1n) is 8.96. The molecule has 1 aliphatic rings. The van der Waals surface area contributed by atoms with Gasteiger partial charge in [0.05, 0.1) is 5.52 Å². The average Bonchev–Trinajstić information content (AvgIpc) is 2.63. The molecule has 2 aromatic rings. The molecule has 3 rings (SSSR count). The zero-order chi connectivity index (χ0) is 19.6. The van der Waals surface area contributed by atoms with E-state index >= 15 is 0 Å². The van der Waals surface area contributed by atoms with Crippen molar-refractivity contribution >= 4 is 16.8 Å². The van der Waals surface area contributed by atoms with Crippen LogP contribution in [0.2, 0.25) is 0 Å². The number of benzene rings is 1. The van der Waals surface area contributed by atoms with Crippen molar-refractivity contribution in [1.29, 1.82) is 0 Å². The van der Waals surface area contributed by atoms with Gasteiger partial charge in [0.15, 0.2) is 5.43 Å². The summed E-state index contributed by atoms with van der Waals surface area (Å²) >= 11 is 0. The van der Waals surface area contributed by atoms with Crippen molar-refractivity contribution in [2.24, 2.45) is 5.92 Å². The first-order chi connectivity index (χ1) is 12.8. The van der Waals surface area contributed by atoms with Gasteiger partial charge in [-0.2, -0.15) is 13.2 Å². The number of hydrogen-bond acceptors (Lipinski definition) is 2. The molecule has 0 saturated heterocycles. The normalized spacial score (nSPS) is 15.9. The number of carbonyl (C=O) groups excluding carboxylic acids is 1. The van der Waals surface area contributed by atoms with E-state index < -0.39 is 28.6 Å². The quantitative estimate of drug-likeness (QED) is 0.814. The number of carbonyl (C=O) groups is 1. The van der Waals surface area contributed by atoms with Gasteiger partial charge in [-0.05, 0) is 25.0 Å². The lowest BCUT2D eigenvalue weighted by molar-refractivity contribution is -0.143. The Bertz CT molecular complexity index is 899. The van der Waals surface area contributed by atoms with E-state index in [1.807, 2.05) is 0 Å². The number of alkyl halides is 3. The number of rotatable bonds is 4. The van der Waals surface area contributed by atoms with E-state index in [2.05, 4.69) is 5.32 Å². The number of pyridine rings is 1. The molecule has 27 heavy (non-hydrogen) atoms. The molecule has 0 unspecified atom stereocenters. The minimum atomic E-state index is -4.82. The standard InChI is InChI=1S/C19H20F4N2O2/c20-14-8-4-7-13-15(26)11-16(19(21,22)23)25(17(13)14)10-9-24-18(27)12-5-2-1-3-6-12/h4,7-8,11-12H,1-3,5-6,9-10H2,(H,24,27). The number of nitrogens with one attached hydrogen (secondary N) is 1. The predicted octanol–water partition coefficient (Wildman–Crippen LogP) is 3.86. The van der Waals surface area contributed by atoms with Gasteiger partial charge in [0.2, 0.25) is 5.91 Å². The Balaban J connectivity index is 1.89. The number of para-hydroxylation sites is 1. The second kappa shape index (κ2) is 7.70. The summed E-state index contributed by atoms with van der Waals surface area (Å²) in [6.07, 6.45) is -0.257. The van der Waals surface area contributed by atoms with Crippen LogP contribution in [0.15, 0.2) is 29.1 Å². The lowest BCUT2D eigenvalue weighted by Crippen LogP contribution is -2.35.